The summed E-state index contributed by atoms with van der Waals surface area (Å²) < 4.78 is 38.4. The van der Waals surface area contributed by atoms with E-state index in [0.29, 0.717) is 17.5 Å². The molecule has 0 spiro atoms. The van der Waals surface area contributed by atoms with Gasteiger partial charge in [-0.3, -0.25) is 9.78 Å². The minimum Gasteiger partial charge on any atom is -0.377 e. The lowest BCUT2D eigenvalue weighted by Crippen LogP contribution is -2.42. The van der Waals surface area contributed by atoms with Crippen LogP contribution in [0.1, 0.15) is 12.8 Å². The van der Waals surface area contributed by atoms with Gasteiger partial charge in [0.25, 0.3) is 0 Å². The second-order valence-corrected chi connectivity index (χ2v) is 8.60. The van der Waals surface area contributed by atoms with Gasteiger partial charge in [0.05, 0.1) is 18.2 Å². The van der Waals surface area contributed by atoms with Gasteiger partial charge in [-0.15, -0.1) is 0 Å². The molecule has 29 heavy (non-hydrogen) atoms. The van der Waals surface area contributed by atoms with E-state index >= 15 is 0 Å². The van der Waals surface area contributed by atoms with Crippen LogP contribution in [0.4, 0.5) is 5.82 Å². The highest BCUT2D eigenvalue weighted by atomic mass is 32.2. The molecule has 0 radical (unpaired) electrons. The summed E-state index contributed by atoms with van der Waals surface area (Å²) in [6.07, 6.45) is 4.21. The van der Waals surface area contributed by atoms with Gasteiger partial charge in [0.15, 0.2) is 5.82 Å². The van der Waals surface area contributed by atoms with E-state index in [1.165, 1.54) is 18.4 Å². The first-order valence-electron chi connectivity index (χ1n) is 9.20. The molecular weight excluding hydrogens is 396 g/mol. The van der Waals surface area contributed by atoms with Gasteiger partial charge in [-0.2, -0.15) is 4.31 Å². The van der Waals surface area contributed by atoms with Gasteiger partial charge in [0.2, 0.25) is 15.9 Å². The SMILES string of the molecule is O=C(CN(C[C@@H]1CCCO1)S(=O)(=O)c1cccc2cccnc12)Nc1ccon1. The summed E-state index contributed by atoms with van der Waals surface area (Å²) in [5.74, 6) is -0.301. The molecule has 0 bridgehead atoms. The van der Waals surface area contributed by atoms with Gasteiger partial charge in [-0.25, -0.2) is 8.42 Å². The lowest BCUT2D eigenvalue weighted by Gasteiger charge is -2.24. The first-order chi connectivity index (χ1) is 14.0. The second-order valence-electron chi connectivity index (χ2n) is 6.70. The number of amides is 1. The van der Waals surface area contributed by atoms with Crippen LogP contribution in [-0.2, 0) is 19.6 Å². The minimum atomic E-state index is -4.00. The Bertz CT molecular complexity index is 1090. The molecule has 1 amide bonds. The monoisotopic (exact) mass is 416 g/mol. The molecule has 1 saturated heterocycles. The topological polar surface area (TPSA) is 115 Å². The van der Waals surface area contributed by atoms with Gasteiger partial charge in [-0.05, 0) is 25.0 Å². The number of para-hydroxylation sites is 1. The van der Waals surface area contributed by atoms with Crippen LogP contribution in [0.2, 0.25) is 0 Å². The van der Waals surface area contributed by atoms with Crippen LogP contribution >= 0.6 is 0 Å². The van der Waals surface area contributed by atoms with Crippen molar-refractivity contribution in [2.45, 2.75) is 23.8 Å². The molecule has 1 aliphatic heterocycles. The standard InChI is InChI=1S/C19H20N4O5S/c24-18(21-17-8-11-28-22-17)13-23(12-15-6-3-10-27-15)29(25,26)16-7-1-4-14-5-2-9-20-19(14)16/h1-2,4-5,7-9,11,15H,3,6,10,12-13H2,(H,21,22,24)/t15-/m0/s1. The van der Waals surface area contributed by atoms with Crippen molar-refractivity contribution in [3.8, 4) is 0 Å². The van der Waals surface area contributed by atoms with Gasteiger partial charge in [0, 0.05) is 30.8 Å². The normalized spacial score (nSPS) is 17.1. The van der Waals surface area contributed by atoms with Crippen molar-refractivity contribution in [1.82, 2.24) is 14.4 Å². The Hall–Kier alpha value is -2.82. The summed E-state index contributed by atoms with van der Waals surface area (Å²) in [6.45, 7) is 0.287. The molecule has 0 unspecified atom stereocenters. The molecule has 1 atom stereocenters. The van der Waals surface area contributed by atoms with Crippen molar-refractivity contribution in [2.75, 3.05) is 25.0 Å². The zero-order valence-corrected chi connectivity index (χ0v) is 16.3. The third-order valence-corrected chi connectivity index (χ3v) is 6.51. The summed E-state index contributed by atoms with van der Waals surface area (Å²) in [4.78, 5) is 16.8. The number of anilines is 1. The van der Waals surface area contributed by atoms with Crippen molar-refractivity contribution in [2.24, 2.45) is 0 Å². The van der Waals surface area contributed by atoms with E-state index in [0.717, 1.165) is 17.1 Å². The number of ether oxygens (including phenoxy) is 1. The number of aromatic nitrogens is 2. The van der Waals surface area contributed by atoms with Crippen LogP contribution in [0, 0.1) is 0 Å². The molecule has 3 heterocycles. The summed E-state index contributed by atoms with van der Waals surface area (Å²) in [5.41, 5.74) is 0.365. The molecule has 1 aromatic carbocycles. The van der Waals surface area contributed by atoms with Crippen molar-refractivity contribution in [1.29, 1.82) is 0 Å². The maximum absolute atomic E-state index is 13.5. The number of benzene rings is 1. The van der Waals surface area contributed by atoms with E-state index in [4.69, 9.17) is 4.74 Å². The Balaban J connectivity index is 1.65. The summed E-state index contributed by atoms with van der Waals surface area (Å²) in [6, 6.07) is 9.98. The molecular formula is C19H20N4O5S. The fourth-order valence-electron chi connectivity index (χ4n) is 3.31. The fourth-order valence-corrected chi connectivity index (χ4v) is 4.90. The van der Waals surface area contributed by atoms with Crippen LogP contribution < -0.4 is 5.32 Å². The Morgan fingerprint density at radius 2 is 2.10 bits per heavy atom. The Labute approximate surface area is 167 Å². The summed E-state index contributed by atoms with van der Waals surface area (Å²) in [7, 11) is -4.00. The fraction of sp³-hybridized carbons (Fsp3) is 0.316. The van der Waals surface area contributed by atoms with Crippen LogP contribution in [0.3, 0.4) is 0 Å². The van der Waals surface area contributed by atoms with Gasteiger partial charge in [0.1, 0.15) is 11.2 Å². The highest BCUT2D eigenvalue weighted by Gasteiger charge is 2.32. The summed E-state index contributed by atoms with van der Waals surface area (Å²) in [5, 5.41) is 6.86. The first-order valence-corrected chi connectivity index (χ1v) is 10.6. The van der Waals surface area contributed by atoms with Crippen molar-refractivity contribution in [3.05, 3.63) is 48.9 Å². The predicted octanol–water partition coefficient (Wildman–Crippen LogP) is 2.03. The zero-order chi connectivity index (χ0) is 20.3. The maximum atomic E-state index is 13.5. The number of pyridine rings is 1. The molecule has 10 heteroatoms. The molecule has 9 nitrogen and oxygen atoms in total. The lowest BCUT2D eigenvalue weighted by atomic mass is 10.2. The third-order valence-electron chi connectivity index (χ3n) is 4.67. The second kappa shape index (κ2) is 8.27. The van der Waals surface area contributed by atoms with Crippen molar-refractivity contribution < 1.29 is 22.5 Å². The number of hydrogen-bond acceptors (Lipinski definition) is 7. The van der Waals surface area contributed by atoms with E-state index in [1.807, 2.05) is 0 Å². The number of carbonyl (C=O) groups is 1. The molecule has 0 saturated carbocycles. The van der Waals surface area contributed by atoms with E-state index in [2.05, 4.69) is 20.0 Å². The first kappa shape index (κ1) is 19.5. The smallest absolute Gasteiger partial charge is 0.245 e. The summed E-state index contributed by atoms with van der Waals surface area (Å²) >= 11 is 0. The number of carbonyl (C=O) groups excluding carboxylic acids is 1. The van der Waals surface area contributed by atoms with Crippen molar-refractivity contribution in [3.63, 3.8) is 0 Å². The number of rotatable bonds is 7. The molecule has 152 valence electrons. The van der Waals surface area contributed by atoms with Gasteiger partial charge < -0.3 is 14.6 Å². The van der Waals surface area contributed by atoms with Gasteiger partial charge in [-0.1, -0.05) is 23.4 Å². The largest absolute Gasteiger partial charge is 0.377 e. The minimum absolute atomic E-state index is 0.0582. The highest BCUT2D eigenvalue weighted by Crippen LogP contribution is 2.25. The highest BCUT2D eigenvalue weighted by molar-refractivity contribution is 7.89. The van der Waals surface area contributed by atoms with Crippen LogP contribution in [0.15, 0.2) is 58.3 Å². The molecule has 0 aliphatic carbocycles. The molecule has 1 fully saturated rings. The molecule has 4 rings (SSSR count). The Morgan fingerprint density at radius 1 is 1.24 bits per heavy atom. The molecule has 3 aromatic rings. The zero-order valence-electron chi connectivity index (χ0n) is 15.5. The number of sulfonamides is 1. The van der Waals surface area contributed by atoms with Crippen LogP contribution in [-0.4, -0.2) is 54.6 Å². The average Bonchev–Trinajstić information content (AvgIpc) is 3.41. The van der Waals surface area contributed by atoms with E-state index < -0.39 is 15.9 Å². The average molecular weight is 416 g/mol. The van der Waals surface area contributed by atoms with Crippen LogP contribution in [0.5, 0.6) is 0 Å². The predicted molar refractivity (Wildman–Crippen MR) is 105 cm³/mol. The molecule has 1 N–H and O–H groups in total. The van der Waals surface area contributed by atoms with Crippen LogP contribution in [0.25, 0.3) is 10.9 Å². The molecule has 1 aliphatic rings. The van der Waals surface area contributed by atoms with Gasteiger partial charge >= 0.3 is 0 Å². The van der Waals surface area contributed by atoms with E-state index in [9.17, 15) is 13.2 Å². The number of nitrogens with one attached hydrogen (secondary N) is 1. The quantitative estimate of drug-likeness (QED) is 0.627. The number of nitrogens with zero attached hydrogens (tertiary/aromatic N) is 3. The Kier molecular flexibility index (Phi) is 5.56. The lowest BCUT2D eigenvalue weighted by molar-refractivity contribution is -0.116. The van der Waals surface area contributed by atoms with E-state index in [-0.39, 0.29) is 29.9 Å². The van der Waals surface area contributed by atoms with Crippen molar-refractivity contribution >= 4 is 32.7 Å². The number of hydrogen-bond donors (Lipinski definition) is 1. The maximum Gasteiger partial charge on any atom is 0.245 e. The Morgan fingerprint density at radius 3 is 2.86 bits per heavy atom. The third kappa shape index (κ3) is 4.29. The molecule has 2 aromatic heterocycles. The number of fused-ring (bicyclic) bond motifs is 1. The van der Waals surface area contributed by atoms with E-state index in [1.54, 1.807) is 30.5 Å².